The van der Waals surface area contributed by atoms with E-state index in [1.165, 1.54) is 21.6 Å². The molecule has 0 aliphatic carbocycles. The summed E-state index contributed by atoms with van der Waals surface area (Å²) in [5, 5.41) is 7.52. The fourth-order valence-corrected chi connectivity index (χ4v) is 5.07. The molecular weight excluding hydrogens is 544 g/mol. The maximum atomic E-state index is 14.8. The zero-order chi connectivity index (χ0) is 27.8. The third kappa shape index (κ3) is 5.00. The summed E-state index contributed by atoms with van der Waals surface area (Å²) in [7, 11) is 1.57. The lowest BCUT2D eigenvalue weighted by molar-refractivity contribution is 0.0952. The molecule has 0 aliphatic rings. The number of hydrogen-bond acceptors (Lipinski definition) is 6. The number of nitrogens with one attached hydrogen (secondary N) is 1. The standard InChI is InChI=1S/C27H22Cl2FN7O2/c1-14-6-7-21(30)24-22(14)27(39)36(3)25(34-24)18(16-5-4-8-31-11-16)12-32-26(38)23-19(28)9-17(10-20(23)29)37-13-33-15(2)35-37/h4-11,13,18H,12H2,1-3H3,(H,32,38)/t18-/m0/s1. The van der Waals surface area contributed by atoms with E-state index in [0.717, 1.165) is 0 Å². The summed E-state index contributed by atoms with van der Waals surface area (Å²) in [6.07, 6.45) is 4.72. The summed E-state index contributed by atoms with van der Waals surface area (Å²) >= 11 is 12.9. The maximum Gasteiger partial charge on any atom is 0.261 e. The largest absolute Gasteiger partial charge is 0.351 e. The molecule has 5 rings (SSSR count). The van der Waals surface area contributed by atoms with Crippen molar-refractivity contribution >= 4 is 40.0 Å². The van der Waals surface area contributed by atoms with E-state index >= 15 is 0 Å². The summed E-state index contributed by atoms with van der Waals surface area (Å²) in [5.41, 5.74) is 1.48. The molecule has 2 aromatic carbocycles. The van der Waals surface area contributed by atoms with E-state index in [-0.39, 0.29) is 38.9 Å². The molecule has 0 unspecified atom stereocenters. The van der Waals surface area contributed by atoms with Crippen LogP contribution in [0, 0.1) is 19.7 Å². The van der Waals surface area contributed by atoms with Gasteiger partial charge in [-0.25, -0.2) is 19.0 Å². The third-order valence-corrected chi connectivity index (χ3v) is 7.01. The monoisotopic (exact) mass is 565 g/mol. The Hall–Kier alpha value is -4.15. The van der Waals surface area contributed by atoms with E-state index in [1.54, 1.807) is 63.6 Å². The molecule has 12 heteroatoms. The fraction of sp³-hybridized carbons (Fsp3) is 0.185. The van der Waals surface area contributed by atoms with E-state index in [0.29, 0.717) is 22.6 Å². The Morgan fingerprint density at radius 2 is 1.90 bits per heavy atom. The molecule has 5 aromatic rings. The number of pyridine rings is 1. The number of fused-ring (bicyclic) bond motifs is 1. The molecule has 3 aromatic heterocycles. The van der Waals surface area contributed by atoms with Crippen LogP contribution in [-0.2, 0) is 7.05 Å². The number of carbonyl (C=O) groups is 1. The summed E-state index contributed by atoms with van der Waals surface area (Å²) in [6, 6.07) is 9.47. The van der Waals surface area contributed by atoms with Gasteiger partial charge in [0.1, 0.15) is 29.3 Å². The van der Waals surface area contributed by atoms with Crippen molar-refractivity contribution in [1.29, 1.82) is 0 Å². The van der Waals surface area contributed by atoms with Gasteiger partial charge in [0.05, 0.1) is 32.6 Å². The average Bonchev–Trinajstić information content (AvgIpc) is 3.35. The topological polar surface area (TPSA) is 108 Å². The van der Waals surface area contributed by atoms with Crippen LogP contribution >= 0.6 is 23.2 Å². The van der Waals surface area contributed by atoms with Crippen molar-refractivity contribution in [1.82, 2.24) is 34.6 Å². The van der Waals surface area contributed by atoms with Gasteiger partial charge in [-0.3, -0.25) is 19.1 Å². The third-order valence-electron chi connectivity index (χ3n) is 6.42. The summed E-state index contributed by atoms with van der Waals surface area (Å²) in [6.45, 7) is 3.47. The van der Waals surface area contributed by atoms with Crippen molar-refractivity contribution in [2.75, 3.05) is 6.54 Å². The van der Waals surface area contributed by atoms with Gasteiger partial charge in [-0.1, -0.05) is 35.3 Å². The Balaban J connectivity index is 1.52. The predicted octanol–water partition coefficient (Wildman–Crippen LogP) is 4.53. The highest BCUT2D eigenvalue weighted by Gasteiger charge is 2.25. The van der Waals surface area contributed by atoms with Gasteiger partial charge >= 0.3 is 0 Å². The van der Waals surface area contributed by atoms with Crippen LogP contribution in [0.2, 0.25) is 10.0 Å². The lowest BCUT2D eigenvalue weighted by Gasteiger charge is -2.21. The van der Waals surface area contributed by atoms with E-state index in [1.807, 2.05) is 0 Å². The Morgan fingerprint density at radius 1 is 1.15 bits per heavy atom. The smallest absolute Gasteiger partial charge is 0.261 e. The first kappa shape index (κ1) is 26.5. The molecule has 1 atom stereocenters. The maximum absolute atomic E-state index is 14.8. The van der Waals surface area contributed by atoms with Gasteiger partial charge in [-0.15, -0.1) is 0 Å². The zero-order valence-electron chi connectivity index (χ0n) is 21.1. The number of halogens is 3. The molecule has 198 valence electrons. The number of carbonyl (C=O) groups excluding carboxylic acids is 1. The minimum Gasteiger partial charge on any atom is -0.351 e. The predicted molar refractivity (Wildman–Crippen MR) is 146 cm³/mol. The number of benzene rings is 2. The van der Waals surface area contributed by atoms with Crippen LogP contribution in [-0.4, -0.2) is 41.8 Å². The minimum atomic E-state index is -0.639. The second kappa shape index (κ2) is 10.5. The molecule has 1 N–H and O–H groups in total. The van der Waals surface area contributed by atoms with Gasteiger partial charge in [0.2, 0.25) is 0 Å². The van der Waals surface area contributed by atoms with Crippen LogP contribution in [0.3, 0.4) is 0 Å². The van der Waals surface area contributed by atoms with Crippen molar-refractivity contribution in [3.63, 3.8) is 0 Å². The highest BCUT2D eigenvalue weighted by Crippen LogP contribution is 2.29. The number of aryl methyl sites for hydroxylation is 2. The summed E-state index contributed by atoms with van der Waals surface area (Å²) in [5.74, 6) is -0.950. The first-order valence-corrected chi connectivity index (χ1v) is 12.6. The molecule has 9 nitrogen and oxygen atoms in total. The molecule has 0 radical (unpaired) electrons. The second-order valence-corrected chi connectivity index (χ2v) is 9.81. The zero-order valence-corrected chi connectivity index (χ0v) is 22.6. The molecule has 0 aliphatic heterocycles. The van der Waals surface area contributed by atoms with Gasteiger partial charge in [0.15, 0.2) is 0 Å². The van der Waals surface area contributed by atoms with Gasteiger partial charge in [0, 0.05) is 26.0 Å². The van der Waals surface area contributed by atoms with Crippen LogP contribution in [0.4, 0.5) is 4.39 Å². The van der Waals surface area contributed by atoms with Gasteiger partial charge in [0.25, 0.3) is 11.5 Å². The molecule has 1 amide bonds. The van der Waals surface area contributed by atoms with Crippen LogP contribution in [0.25, 0.3) is 16.6 Å². The normalized spacial score (nSPS) is 12.1. The second-order valence-electron chi connectivity index (χ2n) is 8.99. The lowest BCUT2D eigenvalue weighted by atomic mass is 9.98. The molecule has 0 fully saturated rings. The summed E-state index contributed by atoms with van der Waals surface area (Å²) in [4.78, 5) is 39.4. The first-order valence-electron chi connectivity index (χ1n) is 11.9. The molecule has 0 saturated heterocycles. The van der Waals surface area contributed by atoms with Crippen molar-refractivity contribution in [3.05, 3.63) is 110 Å². The quantitative estimate of drug-likeness (QED) is 0.324. The number of rotatable bonds is 6. The molecule has 0 spiro atoms. The first-order chi connectivity index (χ1) is 18.7. The van der Waals surface area contributed by atoms with Gasteiger partial charge in [-0.2, -0.15) is 5.10 Å². The van der Waals surface area contributed by atoms with Crippen LogP contribution in [0.15, 0.2) is 59.9 Å². The lowest BCUT2D eigenvalue weighted by Crippen LogP contribution is -2.33. The number of hydrogen-bond donors (Lipinski definition) is 1. The van der Waals surface area contributed by atoms with E-state index in [4.69, 9.17) is 23.2 Å². The van der Waals surface area contributed by atoms with Crippen LogP contribution in [0.5, 0.6) is 0 Å². The van der Waals surface area contributed by atoms with Crippen LogP contribution in [0.1, 0.15) is 39.1 Å². The van der Waals surface area contributed by atoms with Gasteiger partial charge < -0.3 is 5.32 Å². The number of amides is 1. The van der Waals surface area contributed by atoms with Crippen LogP contribution < -0.4 is 10.9 Å². The molecule has 0 saturated carbocycles. The fourth-order valence-electron chi connectivity index (χ4n) is 4.42. The number of aromatic nitrogens is 6. The van der Waals surface area contributed by atoms with Crippen molar-refractivity contribution < 1.29 is 9.18 Å². The summed E-state index contributed by atoms with van der Waals surface area (Å²) < 4.78 is 17.6. The SMILES string of the molecule is Cc1ncn(-c2cc(Cl)c(C(=O)NC[C@@H](c3cccnc3)c3nc4c(F)ccc(C)c4c(=O)n3C)c(Cl)c2)n1. The minimum absolute atomic E-state index is 0.000425. The van der Waals surface area contributed by atoms with Crippen molar-refractivity contribution in [2.24, 2.45) is 7.05 Å². The van der Waals surface area contributed by atoms with Crippen molar-refractivity contribution in [3.8, 4) is 5.69 Å². The highest BCUT2D eigenvalue weighted by molar-refractivity contribution is 6.40. The average molecular weight is 566 g/mol. The van der Waals surface area contributed by atoms with E-state index < -0.39 is 23.2 Å². The molecule has 0 bridgehead atoms. The Bertz CT molecular complexity index is 1760. The molecule has 3 heterocycles. The Kier molecular flexibility index (Phi) is 7.16. The Labute approximate surface area is 232 Å². The van der Waals surface area contributed by atoms with E-state index in [9.17, 15) is 14.0 Å². The molecular formula is C27H22Cl2FN7O2. The highest BCUT2D eigenvalue weighted by atomic mass is 35.5. The van der Waals surface area contributed by atoms with E-state index in [2.05, 4.69) is 25.4 Å². The number of nitrogens with zero attached hydrogens (tertiary/aromatic N) is 6. The Morgan fingerprint density at radius 3 is 2.54 bits per heavy atom. The van der Waals surface area contributed by atoms with Crippen molar-refractivity contribution in [2.45, 2.75) is 19.8 Å². The molecule has 39 heavy (non-hydrogen) atoms. The van der Waals surface area contributed by atoms with Gasteiger partial charge in [-0.05, 0) is 49.2 Å².